The lowest BCUT2D eigenvalue weighted by molar-refractivity contribution is 0.0569. The van der Waals surface area contributed by atoms with Crippen LogP contribution in [0.5, 0.6) is 0 Å². The van der Waals surface area contributed by atoms with Crippen LogP contribution < -0.4 is 0 Å². The third kappa shape index (κ3) is 2.57. The van der Waals surface area contributed by atoms with E-state index >= 15 is 0 Å². The number of hydrogen-bond donors (Lipinski definition) is 0. The van der Waals surface area contributed by atoms with Gasteiger partial charge in [-0.15, -0.1) is 0 Å². The SMILES string of the molecule is O=C(c1cccnc1)N1CC(c2nc(-c3ccncc3)no2)C1. The average Bonchev–Trinajstić information content (AvgIpc) is 3.05. The van der Waals surface area contributed by atoms with Gasteiger partial charge in [0.1, 0.15) is 0 Å². The topological polar surface area (TPSA) is 85.0 Å². The Bertz CT molecular complexity index is 813. The molecule has 0 saturated carbocycles. The largest absolute Gasteiger partial charge is 0.339 e. The summed E-state index contributed by atoms with van der Waals surface area (Å²) in [6.45, 7) is 1.15. The molecule has 7 heteroatoms. The molecule has 1 fully saturated rings. The number of pyridine rings is 2. The lowest BCUT2D eigenvalue weighted by Crippen LogP contribution is -2.48. The zero-order valence-corrected chi connectivity index (χ0v) is 12.2. The van der Waals surface area contributed by atoms with Crippen molar-refractivity contribution in [3.63, 3.8) is 0 Å². The van der Waals surface area contributed by atoms with Crippen LogP contribution in [-0.4, -0.2) is 44.0 Å². The molecule has 4 heterocycles. The van der Waals surface area contributed by atoms with Crippen LogP contribution in [0.15, 0.2) is 53.6 Å². The zero-order chi connectivity index (χ0) is 15.6. The minimum absolute atomic E-state index is 0.0248. The molecule has 3 aromatic rings. The molecule has 0 aromatic carbocycles. The maximum atomic E-state index is 12.2. The van der Waals surface area contributed by atoms with Gasteiger partial charge in [0, 0.05) is 43.4 Å². The van der Waals surface area contributed by atoms with Crippen LogP contribution in [0.2, 0.25) is 0 Å². The van der Waals surface area contributed by atoms with E-state index < -0.39 is 0 Å². The summed E-state index contributed by atoms with van der Waals surface area (Å²) in [5.41, 5.74) is 1.45. The second kappa shape index (κ2) is 5.60. The minimum atomic E-state index is -0.0248. The Balaban J connectivity index is 1.43. The number of aromatic nitrogens is 4. The quantitative estimate of drug-likeness (QED) is 0.733. The Morgan fingerprint density at radius 3 is 2.70 bits per heavy atom. The van der Waals surface area contributed by atoms with Crippen molar-refractivity contribution in [3.05, 3.63) is 60.5 Å². The molecule has 0 radical (unpaired) electrons. The maximum absolute atomic E-state index is 12.2. The molecule has 0 N–H and O–H groups in total. The van der Waals surface area contributed by atoms with Gasteiger partial charge in [-0.2, -0.15) is 4.98 Å². The van der Waals surface area contributed by atoms with Crippen LogP contribution in [-0.2, 0) is 0 Å². The molecule has 0 bridgehead atoms. The molecule has 0 atom stereocenters. The molecular formula is C16H13N5O2. The van der Waals surface area contributed by atoms with Crippen LogP contribution in [0.25, 0.3) is 11.4 Å². The van der Waals surface area contributed by atoms with E-state index in [1.165, 1.54) is 0 Å². The van der Waals surface area contributed by atoms with Gasteiger partial charge in [-0.3, -0.25) is 14.8 Å². The molecule has 1 aliphatic heterocycles. The molecule has 4 rings (SSSR count). The van der Waals surface area contributed by atoms with E-state index in [-0.39, 0.29) is 11.8 Å². The molecule has 7 nitrogen and oxygen atoms in total. The number of rotatable bonds is 3. The number of hydrogen-bond acceptors (Lipinski definition) is 6. The van der Waals surface area contributed by atoms with Gasteiger partial charge in [0.25, 0.3) is 5.91 Å². The molecule has 1 aliphatic rings. The van der Waals surface area contributed by atoms with Gasteiger partial charge in [0.15, 0.2) is 0 Å². The molecule has 114 valence electrons. The summed E-state index contributed by atoms with van der Waals surface area (Å²) in [5, 5.41) is 3.99. The van der Waals surface area contributed by atoms with Crippen LogP contribution in [0.3, 0.4) is 0 Å². The molecule has 1 amide bonds. The molecule has 23 heavy (non-hydrogen) atoms. The first-order valence-electron chi connectivity index (χ1n) is 7.24. The molecule has 1 saturated heterocycles. The Kier molecular flexibility index (Phi) is 3.30. The second-order valence-corrected chi connectivity index (χ2v) is 5.34. The van der Waals surface area contributed by atoms with Gasteiger partial charge < -0.3 is 9.42 Å². The Labute approximate surface area is 132 Å². The first-order chi connectivity index (χ1) is 11.3. The normalized spacial score (nSPS) is 14.5. The number of carbonyl (C=O) groups excluding carboxylic acids is 1. The van der Waals surface area contributed by atoms with Crippen LogP contribution in [0.4, 0.5) is 0 Å². The van der Waals surface area contributed by atoms with Crippen molar-refractivity contribution < 1.29 is 9.32 Å². The van der Waals surface area contributed by atoms with Crippen molar-refractivity contribution in [1.29, 1.82) is 0 Å². The first-order valence-corrected chi connectivity index (χ1v) is 7.24. The highest BCUT2D eigenvalue weighted by Gasteiger charge is 2.36. The number of amides is 1. The van der Waals surface area contributed by atoms with Crippen LogP contribution >= 0.6 is 0 Å². The fraction of sp³-hybridized carbons (Fsp3) is 0.188. The molecular weight excluding hydrogens is 294 g/mol. The molecule has 3 aromatic heterocycles. The second-order valence-electron chi connectivity index (χ2n) is 5.34. The van der Waals surface area contributed by atoms with E-state index in [9.17, 15) is 4.79 Å². The van der Waals surface area contributed by atoms with Crippen LogP contribution in [0, 0.1) is 0 Å². The maximum Gasteiger partial charge on any atom is 0.255 e. The minimum Gasteiger partial charge on any atom is -0.339 e. The first kappa shape index (κ1) is 13.6. The molecule has 0 unspecified atom stereocenters. The van der Waals surface area contributed by atoms with E-state index in [2.05, 4.69) is 20.1 Å². The van der Waals surface area contributed by atoms with Crippen molar-refractivity contribution in [2.75, 3.05) is 13.1 Å². The highest BCUT2D eigenvalue weighted by Crippen LogP contribution is 2.28. The van der Waals surface area contributed by atoms with Gasteiger partial charge in [0.2, 0.25) is 11.7 Å². The highest BCUT2D eigenvalue weighted by molar-refractivity contribution is 5.94. The van der Waals surface area contributed by atoms with Gasteiger partial charge >= 0.3 is 0 Å². The third-order valence-corrected chi connectivity index (χ3v) is 3.81. The van der Waals surface area contributed by atoms with Crippen LogP contribution in [0.1, 0.15) is 22.2 Å². The van der Waals surface area contributed by atoms with Crippen molar-refractivity contribution in [2.45, 2.75) is 5.92 Å². The van der Waals surface area contributed by atoms with E-state index in [0.29, 0.717) is 30.4 Å². The smallest absolute Gasteiger partial charge is 0.255 e. The summed E-state index contributed by atoms with van der Waals surface area (Å²) in [4.78, 5) is 26.3. The lowest BCUT2D eigenvalue weighted by Gasteiger charge is -2.37. The summed E-state index contributed by atoms with van der Waals surface area (Å²) < 4.78 is 5.32. The number of nitrogens with zero attached hydrogens (tertiary/aromatic N) is 5. The van der Waals surface area contributed by atoms with Gasteiger partial charge in [0.05, 0.1) is 11.5 Å². The van der Waals surface area contributed by atoms with Crippen molar-refractivity contribution >= 4 is 5.91 Å². The monoisotopic (exact) mass is 307 g/mol. The number of carbonyl (C=O) groups is 1. The highest BCUT2D eigenvalue weighted by atomic mass is 16.5. The Morgan fingerprint density at radius 2 is 1.96 bits per heavy atom. The summed E-state index contributed by atoms with van der Waals surface area (Å²) in [6, 6.07) is 7.17. The molecule has 0 spiro atoms. The standard InChI is InChI=1S/C16H13N5O2/c22-16(12-2-1-5-18-8-12)21-9-13(10-21)15-19-14(20-23-15)11-3-6-17-7-4-11/h1-8,13H,9-10H2. The fourth-order valence-electron chi connectivity index (χ4n) is 2.49. The summed E-state index contributed by atoms with van der Waals surface area (Å²) in [6.07, 6.45) is 6.59. The Hall–Kier alpha value is -3.09. The summed E-state index contributed by atoms with van der Waals surface area (Å²) >= 11 is 0. The van der Waals surface area contributed by atoms with Crippen molar-refractivity contribution in [1.82, 2.24) is 25.0 Å². The van der Waals surface area contributed by atoms with Crippen molar-refractivity contribution in [2.24, 2.45) is 0 Å². The fourth-order valence-corrected chi connectivity index (χ4v) is 2.49. The van der Waals surface area contributed by atoms with E-state index in [1.54, 1.807) is 41.8 Å². The van der Waals surface area contributed by atoms with E-state index in [4.69, 9.17) is 4.52 Å². The van der Waals surface area contributed by atoms with Gasteiger partial charge in [-0.1, -0.05) is 5.16 Å². The predicted molar refractivity (Wildman–Crippen MR) is 80.4 cm³/mol. The van der Waals surface area contributed by atoms with Crippen molar-refractivity contribution in [3.8, 4) is 11.4 Å². The predicted octanol–water partition coefficient (Wildman–Crippen LogP) is 1.77. The Morgan fingerprint density at radius 1 is 1.13 bits per heavy atom. The van der Waals surface area contributed by atoms with E-state index in [0.717, 1.165) is 5.56 Å². The van der Waals surface area contributed by atoms with Gasteiger partial charge in [-0.05, 0) is 24.3 Å². The summed E-state index contributed by atoms with van der Waals surface area (Å²) in [5.74, 6) is 1.16. The van der Waals surface area contributed by atoms with E-state index in [1.807, 2.05) is 12.1 Å². The third-order valence-electron chi connectivity index (χ3n) is 3.81. The lowest BCUT2D eigenvalue weighted by atomic mass is 9.99. The average molecular weight is 307 g/mol. The molecule has 0 aliphatic carbocycles. The van der Waals surface area contributed by atoms with Gasteiger partial charge in [-0.25, -0.2) is 0 Å². The summed E-state index contributed by atoms with van der Waals surface area (Å²) in [7, 11) is 0. The zero-order valence-electron chi connectivity index (χ0n) is 12.2. The number of likely N-dealkylation sites (tertiary alicyclic amines) is 1.